The highest BCUT2D eigenvalue weighted by atomic mass is 19.1. The minimum absolute atomic E-state index is 0.153. The quantitative estimate of drug-likeness (QED) is 0.493. The lowest BCUT2D eigenvalue weighted by Gasteiger charge is -2.00. The van der Waals surface area contributed by atoms with Crippen molar-refractivity contribution in [3.63, 3.8) is 0 Å². The first kappa shape index (κ1) is 8.89. The van der Waals surface area contributed by atoms with Gasteiger partial charge in [0.25, 0.3) is 0 Å². The van der Waals surface area contributed by atoms with Crippen LogP contribution in [0.3, 0.4) is 0 Å². The summed E-state index contributed by atoms with van der Waals surface area (Å²) in [6.45, 7) is 6.36. The Balaban J connectivity index is 0.000000291. The van der Waals surface area contributed by atoms with E-state index in [1.54, 1.807) is 6.92 Å². The summed E-state index contributed by atoms with van der Waals surface area (Å²) < 4.78 is 17.1. The molecule has 0 N–H and O–H groups in total. The molecule has 0 spiro atoms. The van der Waals surface area contributed by atoms with Gasteiger partial charge in [0.15, 0.2) is 0 Å². The van der Waals surface area contributed by atoms with E-state index in [4.69, 9.17) is 4.74 Å². The summed E-state index contributed by atoms with van der Waals surface area (Å²) in [5.41, 5.74) is 0. The van der Waals surface area contributed by atoms with Crippen LogP contribution in [0.5, 0.6) is 0 Å². The molecule has 0 saturated carbocycles. The maximum absolute atomic E-state index is 12.2. The van der Waals surface area contributed by atoms with Crippen LogP contribution < -0.4 is 0 Å². The highest BCUT2D eigenvalue weighted by molar-refractivity contribution is 4.69. The zero-order valence-electron chi connectivity index (χ0n) is 6.36. The highest BCUT2D eigenvalue weighted by Gasteiger charge is 2.22. The second kappa shape index (κ2) is 4.74. The zero-order valence-corrected chi connectivity index (χ0v) is 6.36. The van der Waals surface area contributed by atoms with Gasteiger partial charge in [-0.3, -0.25) is 0 Å². The molecule has 0 aromatic heterocycles. The molecule has 2 unspecified atom stereocenters. The van der Waals surface area contributed by atoms with E-state index in [0.29, 0.717) is 13.0 Å². The summed E-state index contributed by atoms with van der Waals surface area (Å²) in [4.78, 5) is 0. The van der Waals surface area contributed by atoms with Crippen LogP contribution in [0.4, 0.5) is 4.39 Å². The van der Waals surface area contributed by atoms with E-state index < -0.39 is 6.17 Å². The van der Waals surface area contributed by atoms with Gasteiger partial charge in [-0.25, -0.2) is 4.39 Å². The van der Waals surface area contributed by atoms with Gasteiger partial charge in [0, 0.05) is 13.0 Å². The molecule has 56 valence electrons. The molecule has 1 fully saturated rings. The van der Waals surface area contributed by atoms with Crippen LogP contribution in [0.25, 0.3) is 0 Å². The molecular weight excluding hydrogens is 119 g/mol. The average Bonchev–Trinajstić information content (AvgIpc) is 2.23. The van der Waals surface area contributed by atoms with E-state index in [0.717, 1.165) is 0 Å². The Kier molecular flexibility index (Phi) is 4.68. The molecular formula is C7H15FO. The van der Waals surface area contributed by atoms with Gasteiger partial charge >= 0.3 is 0 Å². The van der Waals surface area contributed by atoms with Crippen LogP contribution in [0.15, 0.2) is 0 Å². The smallest absolute Gasteiger partial charge is 0.128 e. The minimum Gasteiger partial charge on any atom is -0.375 e. The maximum atomic E-state index is 12.2. The van der Waals surface area contributed by atoms with E-state index in [9.17, 15) is 4.39 Å². The van der Waals surface area contributed by atoms with Crippen molar-refractivity contribution in [2.45, 2.75) is 39.5 Å². The Hall–Kier alpha value is -0.110. The Bertz CT molecular complexity index is 57.9. The van der Waals surface area contributed by atoms with Gasteiger partial charge in [0.2, 0.25) is 0 Å². The number of rotatable bonds is 0. The van der Waals surface area contributed by atoms with Crippen LogP contribution in [-0.4, -0.2) is 18.9 Å². The largest absolute Gasteiger partial charge is 0.375 e. The lowest BCUT2D eigenvalue weighted by Crippen LogP contribution is -2.10. The summed E-state index contributed by atoms with van der Waals surface area (Å²) in [6.07, 6.45) is -0.277. The predicted molar refractivity (Wildman–Crippen MR) is 36.3 cm³/mol. The predicted octanol–water partition coefficient (Wildman–Crippen LogP) is 2.16. The first-order valence-corrected chi connectivity index (χ1v) is 3.56. The molecule has 0 aromatic carbocycles. The Morgan fingerprint density at radius 2 is 2.00 bits per heavy atom. The van der Waals surface area contributed by atoms with Crippen LogP contribution >= 0.6 is 0 Å². The van der Waals surface area contributed by atoms with Crippen LogP contribution in [0, 0.1) is 0 Å². The summed E-state index contributed by atoms with van der Waals surface area (Å²) in [7, 11) is 0. The third kappa shape index (κ3) is 2.80. The standard InChI is InChI=1S/C5H9FO.C2H6/c1-4-5(6)2-3-7-4;1-2/h4-5H,2-3H2,1H3;1-2H3. The first-order valence-electron chi connectivity index (χ1n) is 3.56. The number of hydrogen-bond acceptors (Lipinski definition) is 1. The van der Waals surface area contributed by atoms with Crippen molar-refractivity contribution in [3.8, 4) is 0 Å². The van der Waals surface area contributed by atoms with Crippen molar-refractivity contribution in [2.24, 2.45) is 0 Å². The van der Waals surface area contributed by atoms with Gasteiger partial charge in [-0.2, -0.15) is 0 Å². The Labute approximate surface area is 56.2 Å². The summed E-state index contributed by atoms with van der Waals surface area (Å²) in [5.74, 6) is 0. The molecule has 1 nitrogen and oxygen atoms in total. The molecule has 0 aromatic rings. The topological polar surface area (TPSA) is 9.23 Å². The number of hydrogen-bond donors (Lipinski definition) is 0. The second-order valence-corrected chi connectivity index (χ2v) is 1.88. The van der Waals surface area contributed by atoms with Crippen molar-refractivity contribution >= 4 is 0 Å². The average molecular weight is 134 g/mol. The van der Waals surface area contributed by atoms with E-state index in [2.05, 4.69) is 0 Å². The van der Waals surface area contributed by atoms with Crippen molar-refractivity contribution in [1.29, 1.82) is 0 Å². The SMILES string of the molecule is CC.CC1OCCC1F. The lowest BCUT2D eigenvalue weighted by molar-refractivity contribution is 0.0926. The molecule has 1 aliphatic rings. The summed E-state index contributed by atoms with van der Waals surface area (Å²) in [5, 5.41) is 0. The fourth-order valence-corrected chi connectivity index (χ4v) is 0.706. The molecule has 1 saturated heterocycles. The molecule has 0 radical (unpaired) electrons. The number of ether oxygens (including phenoxy) is 1. The molecule has 1 rings (SSSR count). The zero-order chi connectivity index (χ0) is 7.28. The fourth-order valence-electron chi connectivity index (χ4n) is 0.706. The van der Waals surface area contributed by atoms with Crippen molar-refractivity contribution in [1.82, 2.24) is 0 Å². The summed E-state index contributed by atoms with van der Waals surface area (Å²) in [6, 6.07) is 0. The van der Waals surface area contributed by atoms with Crippen molar-refractivity contribution < 1.29 is 9.13 Å². The first-order chi connectivity index (χ1) is 4.30. The molecule has 0 bridgehead atoms. The van der Waals surface area contributed by atoms with Crippen LogP contribution in [0.1, 0.15) is 27.2 Å². The van der Waals surface area contributed by atoms with Gasteiger partial charge in [-0.1, -0.05) is 13.8 Å². The van der Waals surface area contributed by atoms with Crippen LogP contribution in [-0.2, 0) is 4.74 Å². The van der Waals surface area contributed by atoms with Crippen LogP contribution in [0.2, 0.25) is 0 Å². The Morgan fingerprint density at radius 3 is 2.11 bits per heavy atom. The molecule has 9 heavy (non-hydrogen) atoms. The minimum atomic E-state index is -0.708. The van der Waals surface area contributed by atoms with Crippen molar-refractivity contribution in [3.05, 3.63) is 0 Å². The van der Waals surface area contributed by atoms with Gasteiger partial charge in [-0.05, 0) is 6.92 Å². The molecule has 1 heterocycles. The van der Waals surface area contributed by atoms with E-state index in [-0.39, 0.29) is 6.10 Å². The normalized spacial score (nSPS) is 33.3. The second-order valence-electron chi connectivity index (χ2n) is 1.88. The molecule has 2 heteroatoms. The fraction of sp³-hybridized carbons (Fsp3) is 1.00. The number of halogens is 1. The van der Waals surface area contributed by atoms with E-state index in [1.165, 1.54) is 0 Å². The molecule has 1 aliphatic heterocycles. The third-order valence-electron chi connectivity index (χ3n) is 1.28. The number of alkyl halides is 1. The molecule has 0 amide bonds. The van der Waals surface area contributed by atoms with Gasteiger partial charge in [0.1, 0.15) is 6.17 Å². The van der Waals surface area contributed by atoms with Gasteiger partial charge < -0.3 is 4.74 Å². The van der Waals surface area contributed by atoms with Gasteiger partial charge in [-0.15, -0.1) is 0 Å². The molecule has 0 aliphatic carbocycles. The van der Waals surface area contributed by atoms with Crippen molar-refractivity contribution in [2.75, 3.05) is 6.61 Å². The van der Waals surface area contributed by atoms with Gasteiger partial charge in [0.05, 0.1) is 6.10 Å². The molecule has 2 atom stereocenters. The van der Waals surface area contributed by atoms with E-state index in [1.807, 2.05) is 13.8 Å². The highest BCUT2D eigenvalue weighted by Crippen LogP contribution is 2.14. The maximum Gasteiger partial charge on any atom is 0.128 e. The Morgan fingerprint density at radius 1 is 1.44 bits per heavy atom. The van der Waals surface area contributed by atoms with E-state index >= 15 is 0 Å². The third-order valence-corrected chi connectivity index (χ3v) is 1.28. The summed E-state index contributed by atoms with van der Waals surface area (Å²) >= 11 is 0. The lowest BCUT2D eigenvalue weighted by atomic mass is 10.2. The monoisotopic (exact) mass is 134 g/mol.